The van der Waals surface area contributed by atoms with Gasteiger partial charge in [-0.3, -0.25) is 14.1 Å². The summed E-state index contributed by atoms with van der Waals surface area (Å²) in [5.74, 6) is 0. The van der Waals surface area contributed by atoms with Crippen molar-refractivity contribution in [2.24, 2.45) is 0 Å². The van der Waals surface area contributed by atoms with Crippen LogP contribution >= 0.6 is 0 Å². The molecule has 0 aliphatic rings. The molecule has 0 spiro atoms. The molecule has 0 fully saturated rings. The Hall–Kier alpha value is -0.540. The number of carbonyl (C=O) groups excluding carboxylic acids is 1. The maximum atomic E-state index is 8.81. The van der Waals surface area contributed by atoms with Gasteiger partial charge in [-0.1, -0.05) is 0 Å². The van der Waals surface area contributed by atoms with Crippen molar-refractivity contribution in [3.05, 3.63) is 0 Å². The number of halogens is 3. The van der Waals surface area contributed by atoms with Gasteiger partial charge in [0.05, 0.1) is 0 Å². The lowest BCUT2D eigenvalue weighted by Crippen LogP contribution is -1.36. The van der Waals surface area contributed by atoms with Crippen molar-refractivity contribution in [3.63, 3.8) is 0 Å². The summed E-state index contributed by atoms with van der Waals surface area (Å²) in [4.78, 5) is 8.81. The third kappa shape index (κ3) is 71.8. The van der Waals surface area contributed by atoms with Crippen LogP contribution in [0.5, 0.6) is 0 Å². The average Bonchev–Trinajstić information content (AvgIpc) is 0.918. The Bertz CT molecular complexity index is 16.3. The molecule has 0 radical (unpaired) electrons. The van der Waals surface area contributed by atoms with Crippen LogP contribution in [0.1, 0.15) is 6.92 Å². The van der Waals surface area contributed by atoms with E-state index in [9.17, 15) is 0 Å². The van der Waals surface area contributed by atoms with Crippen molar-refractivity contribution in [3.8, 4) is 0 Å². The summed E-state index contributed by atoms with van der Waals surface area (Å²) < 4.78 is 0. The molecule has 1 nitrogen and oxygen atoms in total. The molecule has 0 aromatic rings. The molecule has 0 rings (SSSR count). The predicted octanol–water partition coefficient (Wildman–Crippen LogP) is 0.663. The molecular weight excluding hydrogens is 97.0 g/mol. The van der Waals surface area contributed by atoms with Crippen molar-refractivity contribution >= 4 is 6.29 Å². The molecule has 4 heteroatoms. The highest BCUT2D eigenvalue weighted by Gasteiger charge is 1.24. The lowest BCUT2D eigenvalue weighted by atomic mass is 11.0. The van der Waals surface area contributed by atoms with Gasteiger partial charge >= 0.3 is 0 Å². The lowest BCUT2D eigenvalue weighted by molar-refractivity contribution is -0.106. The normalized spacial score (nSPS) is 2.17. The Balaban J connectivity index is -0.00000000667. The fourth-order valence-electron chi connectivity index (χ4n) is 0. The van der Waals surface area contributed by atoms with Crippen LogP contribution in [0.15, 0.2) is 0 Å². The van der Waals surface area contributed by atoms with E-state index in [1.165, 1.54) is 6.92 Å². The van der Waals surface area contributed by atoms with Crippen molar-refractivity contribution in [2.45, 2.75) is 6.92 Å². The molecule has 0 aromatic carbocycles. The molecule has 0 saturated heterocycles. The third-order valence-corrected chi connectivity index (χ3v) is 0. The SMILES string of the molecule is CC=O.F.F.F. The number of carbonyl (C=O) groups is 1. The van der Waals surface area contributed by atoms with Gasteiger partial charge in [0, 0.05) is 0 Å². The van der Waals surface area contributed by atoms with E-state index >= 15 is 0 Å². The van der Waals surface area contributed by atoms with Crippen LogP contribution in [-0.4, -0.2) is 6.29 Å². The second kappa shape index (κ2) is 252. The Morgan fingerprint density at radius 2 is 1.17 bits per heavy atom. The fourth-order valence-corrected chi connectivity index (χ4v) is 0. The minimum Gasteiger partial charge on any atom is -0.304 e. The molecular formula is C2H7F3O. The minimum absolute atomic E-state index is 0. The summed E-state index contributed by atoms with van der Waals surface area (Å²) in [7, 11) is 0. The standard InChI is InChI=1S/C2H4O.3FH/c1-2-3;;;/h2H,1H3;3*1H. The number of rotatable bonds is 0. The fraction of sp³-hybridized carbons (Fsp3) is 0.500. The van der Waals surface area contributed by atoms with Crippen molar-refractivity contribution in [1.82, 2.24) is 0 Å². The molecule has 6 heavy (non-hydrogen) atoms. The smallest absolute Gasteiger partial charge is 0.116 e. The quantitative estimate of drug-likeness (QED) is 0.412. The highest BCUT2D eigenvalue weighted by molar-refractivity contribution is 5.44. The minimum atomic E-state index is 0. The summed E-state index contributed by atoms with van der Waals surface area (Å²) in [6.07, 6.45) is 0.750. The second-order valence-electron chi connectivity index (χ2n) is 0.236. The molecule has 0 N–H and O–H groups in total. The Morgan fingerprint density at radius 3 is 1.17 bits per heavy atom. The molecule has 0 heterocycles. The van der Waals surface area contributed by atoms with Crippen LogP contribution in [0.25, 0.3) is 0 Å². The highest BCUT2D eigenvalue weighted by atomic mass is 19.0. The molecule has 0 unspecified atom stereocenters. The molecule has 0 saturated carbocycles. The van der Waals surface area contributed by atoms with Gasteiger partial charge in [-0.15, -0.1) is 0 Å². The zero-order chi connectivity index (χ0) is 2.71. The third-order valence-electron chi connectivity index (χ3n) is 0. The van der Waals surface area contributed by atoms with E-state index in [4.69, 9.17) is 4.79 Å². The maximum absolute atomic E-state index is 8.81. The molecule has 0 atom stereocenters. The van der Waals surface area contributed by atoms with Crippen molar-refractivity contribution < 1.29 is 18.9 Å². The first-order valence-electron chi connectivity index (χ1n) is 0.813. The van der Waals surface area contributed by atoms with Gasteiger partial charge in [0.15, 0.2) is 0 Å². The van der Waals surface area contributed by atoms with Crippen LogP contribution < -0.4 is 0 Å². The summed E-state index contributed by atoms with van der Waals surface area (Å²) in [6, 6.07) is 0. The van der Waals surface area contributed by atoms with Crippen LogP contribution in [-0.2, 0) is 4.79 Å². The summed E-state index contributed by atoms with van der Waals surface area (Å²) in [5, 5.41) is 0. The van der Waals surface area contributed by atoms with Gasteiger partial charge < -0.3 is 4.79 Å². The van der Waals surface area contributed by atoms with Crippen LogP contribution in [0, 0.1) is 0 Å². The average molecular weight is 104 g/mol. The van der Waals surface area contributed by atoms with E-state index < -0.39 is 0 Å². The molecule has 0 bridgehead atoms. The van der Waals surface area contributed by atoms with E-state index in [-0.39, 0.29) is 14.1 Å². The molecule has 0 amide bonds. The van der Waals surface area contributed by atoms with Gasteiger partial charge in [-0.25, -0.2) is 0 Å². The van der Waals surface area contributed by atoms with Crippen LogP contribution in [0.2, 0.25) is 0 Å². The first-order chi connectivity index (χ1) is 1.41. The van der Waals surface area contributed by atoms with E-state index in [1.807, 2.05) is 0 Å². The van der Waals surface area contributed by atoms with Crippen molar-refractivity contribution in [1.29, 1.82) is 0 Å². The van der Waals surface area contributed by atoms with Crippen LogP contribution in [0.3, 0.4) is 0 Å². The first kappa shape index (κ1) is 51.0. The lowest BCUT2D eigenvalue weighted by Gasteiger charge is -1.23. The Morgan fingerprint density at radius 1 is 1.17 bits per heavy atom. The first-order valence-corrected chi connectivity index (χ1v) is 0.813. The molecule has 0 aliphatic carbocycles. The Labute approximate surface area is 33.5 Å². The topological polar surface area (TPSA) is 17.1 Å². The zero-order valence-electron chi connectivity index (χ0n) is 3.21. The molecule has 42 valence electrons. The van der Waals surface area contributed by atoms with E-state index in [0.29, 0.717) is 0 Å². The van der Waals surface area contributed by atoms with Gasteiger partial charge in [-0.2, -0.15) is 0 Å². The van der Waals surface area contributed by atoms with E-state index in [0.717, 1.165) is 6.29 Å². The largest absolute Gasteiger partial charge is 0.304 e. The predicted molar refractivity (Wildman–Crippen MR) is 19.2 cm³/mol. The van der Waals surface area contributed by atoms with Crippen LogP contribution in [0.4, 0.5) is 14.1 Å². The van der Waals surface area contributed by atoms with E-state index in [1.54, 1.807) is 0 Å². The molecule has 0 aliphatic heterocycles. The number of aldehydes is 1. The number of hydrogen-bond donors (Lipinski definition) is 0. The number of hydrogen-bond acceptors (Lipinski definition) is 1. The maximum Gasteiger partial charge on any atom is 0.116 e. The van der Waals surface area contributed by atoms with E-state index in [2.05, 4.69) is 0 Å². The van der Waals surface area contributed by atoms with Gasteiger partial charge in [-0.05, 0) is 6.92 Å². The summed E-state index contributed by atoms with van der Waals surface area (Å²) in [6.45, 7) is 1.44. The Kier molecular flexibility index (Phi) is 2140. The monoisotopic (exact) mass is 104 g/mol. The van der Waals surface area contributed by atoms with Gasteiger partial charge in [0.1, 0.15) is 6.29 Å². The van der Waals surface area contributed by atoms with Gasteiger partial charge in [0.25, 0.3) is 0 Å². The van der Waals surface area contributed by atoms with Gasteiger partial charge in [0.2, 0.25) is 0 Å². The second-order valence-corrected chi connectivity index (χ2v) is 0.236. The summed E-state index contributed by atoms with van der Waals surface area (Å²) >= 11 is 0. The summed E-state index contributed by atoms with van der Waals surface area (Å²) in [5.41, 5.74) is 0. The van der Waals surface area contributed by atoms with Crippen molar-refractivity contribution in [2.75, 3.05) is 0 Å². The zero-order valence-corrected chi connectivity index (χ0v) is 3.21. The molecule has 0 aromatic heterocycles. The highest BCUT2D eigenvalue weighted by Crippen LogP contribution is 1.13.